The van der Waals surface area contributed by atoms with Crippen LogP contribution in [-0.4, -0.2) is 57.2 Å². The molecule has 1 saturated carbocycles. The van der Waals surface area contributed by atoms with Gasteiger partial charge in [0.25, 0.3) is 0 Å². The molecule has 0 radical (unpaired) electrons. The number of anilines is 1. The smallest absolute Gasteiger partial charge is 0.223 e. The summed E-state index contributed by atoms with van der Waals surface area (Å²) in [5, 5.41) is 16.7. The van der Waals surface area contributed by atoms with E-state index in [1.807, 2.05) is 34.7 Å². The van der Waals surface area contributed by atoms with Gasteiger partial charge < -0.3 is 20.3 Å². The highest BCUT2D eigenvalue weighted by molar-refractivity contribution is 5.80. The van der Waals surface area contributed by atoms with Crippen molar-refractivity contribution < 1.29 is 9.90 Å². The monoisotopic (exact) mass is 469 g/mol. The summed E-state index contributed by atoms with van der Waals surface area (Å²) in [6, 6.07) is 7.20. The van der Waals surface area contributed by atoms with Gasteiger partial charge in [0.05, 0.1) is 16.6 Å². The largest absolute Gasteiger partial charge is 0.390 e. The SMILES string of the molecule is CNc1nc2ccc(CN3CCC(C(C)(C)O)CC3)cc2n1C1CCC(C(=O)NC(C)C)CC1. The van der Waals surface area contributed by atoms with Crippen molar-refractivity contribution >= 4 is 22.9 Å². The van der Waals surface area contributed by atoms with E-state index in [-0.39, 0.29) is 17.9 Å². The van der Waals surface area contributed by atoms with Crippen LogP contribution in [0.4, 0.5) is 5.95 Å². The summed E-state index contributed by atoms with van der Waals surface area (Å²) in [6.45, 7) is 10.9. The summed E-state index contributed by atoms with van der Waals surface area (Å²) < 4.78 is 2.37. The number of imidazole rings is 1. The van der Waals surface area contributed by atoms with Crippen LogP contribution in [-0.2, 0) is 11.3 Å². The van der Waals surface area contributed by atoms with Gasteiger partial charge in [0.15, 0.2) is 0 Å². The second kappa shape index (κ2) is 10.2. The lowest BCUT2D eigenvalue weighted by atomic mass is 9.83. The van der Waals surface area contributed by atoms with Crippen LogP contribution in [0.3, 0.4) is 0 Å². The highest BCUT2D eigenvalue weighted by atomic mass is 16.3. The Hall–Kier alpha value is -2.12. The maximum Gasteiger partial charge on any atom is 0.223 e. The fourth-order valence-electron chi connectivity index (χ4n) is 5.84. The molecule has 2 fully saturated rings. The lowest BCUT2D eigenvalue weighted by Crippen LogP contribution is -2.41. The molecule has 2 heterocycles. The van der Waals surface area contributed by atoms with Crippen LogP contribution in [0.25, 0.3) is 11.0 Å². The minimum absolute atomic E-state index is 0.119. The number of nitrogens with zero attached hydrogens (tertiary/aromatic N) is 3. The number of amides is 1. The highest BCUT2D eigenvalue weighted by Crippen LogP contribution is 2.37. The summed E-state index contributed by atoms with van der Waals surface area (Å²) in [7, 11) is 1.94. The topological polar surface area (TPSA) is 82.4 Å². The van der Waals surface area contributed by atoms with Crippen molar-refractivity contribution in [2.75, 3.05) is 25.5 Å². The Labute approximate surface area is 204 Å². The fourth-order valence-corrected chi connectivity index (χ4v) is 5.84. The summed E-state index contributed by atoms with van der Waals surface area (Å²) in [6.07, 6.45) is 5.90. The highest BCUT2D eigenvalue weighted by Gasteiger charge is 2.31. The van der Waals surface area contributed by atoms with Crippen molar-refractivity contribution in [2.45, 2.75) is 90.4 Å². The average molecular weight is 470 g/mol. The molecule has 1 amide bonds. The Kier molecular flexibility index (Phi) is 7.53. The number of aromatic nitrogens is 2. The molecule has 0 spiro atoms. The predicted octanol–water partition coefficient (Wildman–Crippen LogP) is 4.32. The van der Waals surface area contributed by atoms with E-state index in [4.69, 9.17) is 4.98 Å². The Morgan fingerprint density at radius 3 is 2.41 bits per heavy atom. The van der Waals surface area contributed by atoms with Crippen LogP contribution in [0.2, 0.25) is 0 Å². The summed E-state index contributed by atoms with van der Waals surface area (Å²) in [5.41, 5.74) is 2.93. The number of benzene rings is 1. The van der Waals surface area contributed by atoms with Gasteiger partial charge in [0.2, 0.25) is 11.9 Å². The van der Waals surface area contributed by atoms with Gasteiger partial charge in [-0.3, -0.25) is 9.69 Å². The lowest BCUT2D eigenvalue weighted by Gasteiger charge is -2.37. The Balaban J connectivity index is 1.47. The molecule has 1 aromatic carbocycles. The average Bonchev–Trinajstić information content (AvgIpc) is 3.16. The van der Waals surface area contributed by atoms with Gasteiger partial charge in [0, 0.05) is 31.6 Å². The second-order valence-corrected chi connectivity index (χ2v) is 11.3. The molecule has 4 rings (SSSR count). The quantitative estimate of drug-likeness (QED) is 0.563. The molecular formula is C27H43N5O2. The summed E-state index contributed by atoms with van der Waals surface area (Å²) in [5.74, 6) is 1.61. The molecule has 0 bridgehead atoms. The normalized spacial score (nSPS) is 22.9. The molecule has 2 aliphatic rings. The molecule has 0 atom stereocenters. The number of hydrogen-bond acceptors (Lipinski definition) is 5. The Morgan fingerprint density at radius 1 is 1.15 bits per heavy atom. The zero-order valence-electron chi connectivity index (χ0n) is 21.6. The summed E-state index contributed by atoms with van der Waals surface area (Å²) >= 11 is 0. The van der Waals surface area contributed by atoms with Gasteiger partial charge in [-0.2, -0.15) is 0 Å². The van der Waals surface area contributed by atoms with Crippen LogP contribution in [0.15, 0.2) is 18.2 Å². The maximum atomic E-state index is 12.5. The van der Waals surface area contributed by atoms with Gasteiger partial charge >= 0.3 is 0 Å². The van der Waals surface area contributed by atoms with Crippen molar-refractivity contribution in [2.24, 2.45) is 11.8 Å². The van der Waals surface area contributed by atoms with Crippen LogP contribution in [0.5, 0.6) is 0 Å². The number of piperidine rings is 1. The molecule has 188 valence electrons. The van der Waals surface area contributed by atoms with Crippen molar-refractivity contribution in [3.63, 3.8) is 0 Å². The molecule has 7 heteroatoms. The minimum atomic E-state index is -0.588. The van der Waals surface area contributed by atoms with E-state index < -0.39 is 5.60 Å². The number of hydrogen-bond donors (Lipinski definition) is 3. The Bertz CT molecular complexity index is 977. The number of carbonyl (C=O) groups excluding carboxylic acids is 1. The maximum absolute atomic E-state index is 12.5. The molecule has 1 aromatic heterocycles. The van der Waals surface area contributed by atoms with Crippen molar-refractivity contribution in [1.82, 2.24) is 19.8 Å². The zero-order valence-corrected chi connectivity index (χ0v) is 21.6. The third-order valence-corrected chi connectivity index (χ3v) is 7.83. The number of likely N-dealkylation sites (tertiary alicyclic amines) is 1. The molecule has 1 saturated heterocycles. The number of fused-ring (bicyclic) bond motifs is 1. The number of rotatable bonds is 7. The minimum Gasteiger partial charge on any atom is -0.390 e. The lowest BCUT2D eigenvalue weighted by molar-refractivity contribution is -0.126. The van der Waals surface area contributed by atoms with Crippen molar-refractivity contribution in [3.8, 4) is 0 Å². The van der Waals surface area contributed by atoms with E-state index >= 15 is 0 Å². The standard InChI is InChI=1S/C27H43N5O2/c1-18(2)29-25(33)20-7-9-22(10-8-20)32-24-16-19(6-11-23(24)30-26(32)28-5)17-31-14-12-21(13-15-31)27(3,4)34/h6,11,16,18,20-22,34H,7-10,12-15,17H2,1-5H3,(H,28,30)(H,29,33). The molecule has 2 aromatic rings. The molecule has 7 nitrogen and oxygen atoms in total. The fraction of sp³-hybridized carbons (Fsp3) is 0.704. The predicted molar refractivity (Wildman–Crippen MR) is 138 cm³/mol. The van der Waals surface area contributed by atoms with Crippen molar-refractivity contribution in [3.05, 3.63) is 23.8 Å². The van der Waals surface area contributed by atoms with E-state index in [9.17, 15) is 9.90 Å². The zero-order chi connectivity index (χ0) is 24.5. The molecule has 1 aliphatic carbocycles. The van der Waals surface area contributed by atoms with E-state index in [0.717, 1.165) is 69.6 Å². The molecule has 0 unspecified atom stereocenters. The third kappa shape index (κ3) is 5.57. The van der Waals surface area contributed by atoms with Crippen LogP contribution in [0.1, 0.15) is 77.8 Å². The van der Waals surface area contributed by atoms with E-state index in [2.05, 4.69) is 38.3 Å². The third-order valence-electron chi connectivity index (χ3n) is 7.83. The first-order valence-corrected chi connectivity index (χ1v) is 13.1. The van der Waals surface area contributed by atoms with Gasteiger partial charge in [0.1, 0.15) is 0 Å². The molecular weight excluding hydrogens is 426 g/mol. The first-order chi connectivity index (χ1) is 16.2. The Morgan fingerprint density at radius 2 is 1.82 bits per heavy atom. The second-order valence-electron chi connectivity index (χ2n) is 11.3. The van der Waals surface area contributed by atoms with Gasteiger partial charge in [-0.1, -0.05) is 6.07 Å². The number of nitrogens with one attached hydrogen (secondary N) is 2. The summed E-state index contributed by atoms with van der Waals surface area (Å²) in [4.78, 5) is 19.8. The first kappa shape index (κ1) is 25.0. The van der Waals surface area contributed by atoms with Gasteiger partial charge in [-0.25, -0.2) is 4.98 Å². The van der Waals surface area contributed by atoms with Crippen LogP contribution >= 0.6 is 0 Å². The van der Waals surface area contributed by atoms with Crippen LogP contribution < -0.4 is 10.6 Å². The van der Waals surface area contributed by atoms with E-state index in [1.54, 1.807) is 0 Å². The molecule has 34 heavy (non-hydrogen) atoms. The van der Waals surface area contributed by atoms with Gasteiger partial charge in [-0.05, 0) is 103 Å². The number of carbonyl (C=O) groups is 1. The molecule has 3 N–H and O–H groups in total. The van der Waals surface area contributed by atoms with E-state index in [1.165, 1.54) is 11.1 Å². The van der Waals surface area contributed by atoms with Crippen LogP contribution in [0, 0.1) is 11.8 Å². The number of aliphatic hydroxyl groups is 1. The van der Waals surface area contributed by atoms with Crippen molar-refractivity contribution in [1.29, 1.82) is 0 Å². The molecule has 1 aliphatic heterocycles. The van der Waals surface area contributed by atoms with E-state index in [0.29, 0.717) is 12.0 Å². The van der Waals surface area contributed by atoms with Gasteiger partial charge in [-0.15, -0.1) is 0 Å². The first-order valence-electron chi connectivity index (χ1n) is 13.1.